The summed E-state index contributed by atoms with van der Waals surface area (Å²) in [4.78, 5) is 0. The van der Waals surface area contributed by atoms with Crippen LogP contribution >= 0.6 is 8.53 Å². The second kappa shape index (κ2) is 6.69. The van der Waals surface area contributed by atoms with Gasteiger partial charge in [0.15, 0.2) is 0 Å². The first-order chi connectivity index (χ1) is 10.9. The monoisotopic (exact) mass is 375 g/mol. The number of anilines is 1. The topological polar surface area (TPSA) is 21.7 Å². The Morgan fingerprint density at radius 1 is 1.08 bits per heavy atom. The van der Waals surface area contributed by atoms with Gasteiger partial charge in [-0.1, -0.05) is 32.0 Å². The van der Waals surface area contributed by atoms with Gasteiger partial charge in [0, 0.05) is 17.6 Å². The Morgan fingerprint density at radius 3 is 2.12 bits per heavy atom. The lowest BCUT2D eigenvalue weighted by atomic mass is 9.95. The summed E-state index contributed by atoms with van der Waals surface area (Å²) in [7, 11) is -2.54. The largest absolute Gasteiger partial charge is 0.424 e. The van der Waals surface area contributed by atoms with Crippen molar-refractivity contribution in [2.24, 2.45) is 5.41 Å². The number of hydrogen-bond acceptors (Lipinski definition) is 3. The normalized spacial score (nSPS) is 22.0. The van der Waals surface area contributed by atoms with E-state index in [9.17, 15) is 26.3 Å². The van der Waals surface area contributed by atoms with Gasteiger partial charge in [0.05, 0.1) is 6.61 Å². The van der Waals surface area contributed by atoms with Crippen LogP contribution in [-0.4, -0.2) is 31.6 Å². The number of rotatable bonds is 3. The summed E-state index contributed by atoms with van der Waals surface area (Å²) < 4.78 is 87.4. The third kappa shape index (κ3) is 4.74. The van der Waals surface area contributed by atoms with Gasteiger partial charge in [0.25, 0.3) is 14.6 Å². The van der Waals surface area contributed by atoms with Gasteiger partial charge < -0.3 is 9.19 Å². The third-order valence-electron chi connectivity index (χ3n) is 3.19. The first-order valence-corrected chi connectivity index (χ1v) is 8.09. The summed E-state index contributed by atoms with van der Waals surface area (Å²) in [5.74, 6) is 0. The number of nitrogens with zero attached hydrogens (tertiary/aromatic N) is 1. The molecule has 0 aliphatic carbocycles. The van der Waals surface area contributed by atoms with E-state index in [1.807, 2.05) is 0 Å². The van der Waals surface area contributed by atoms with Gasteiger partial charge in [-0.3, -0.25) is 4.52 Å². The predicted octanol–water partition coefficient (Wildman–Crippen LogP) is 5.29. The lowest BCUT2D eigenvalue weighted by Gasteiger charge is -2.43. The number of halogens is 6. The van der Waals surface area contributed by atoms with Crippen molar-refractivity contribution in [3.63, 3.8) is 0 Å². The van der Waals surface area contributed by atoms with E-state index in [4.69, 9.17) is 4.52 Å². The fourth-order valence-corrected chi connectivity index (χ4v) is 4.09. The average Bonchev–Trinajstić information content (AvgIpc) is 2.43. The van der Waals surface area contributed by atoms with E-state index in [1.165, 1.54) is 4.67 Å². The zero-order valence-electron chi connectivity index (χ0n) is 12.9. The molecule has 0 saturated carbocycles. The van der Waals surface area contributed by atoms with E-state index in [1.54, 1.807) is 44.2 Å². The van der Waals surface area contributed by atoms with Crippen LogP contribution in [0.4, 0.5) is 32.0 Å². The molecule has 3 nitrogen and oxygen atoms in total. The standard InChI is InChI=1S/C14H16F6NO2P/c1-12(2)8-21(10-6-4-3-5-7-10)24(22-9-12)23-11(13(15,16)17)14(18,19)20/h3-7,11H,8-9H2,1-2H3. The van der Waals surface area contributed by atoms with Crippen LogP contribution in [0.5, 0.6) is 0 Å². The van der Waals surface area contributed by atoms with Crippen molar-refractivity contribution in [3.8, 4) is 0 Å². The fourth-order valence-electron chi connectivity index (χ4n) is 2.08. The maximum atomic E-state index is 12.7. The fraction of sp³-hybridized carbons (Fsp3) is 0.571. The van der Waals surface area contributed by atoms with E-state index in [0.29, 0.717) is 5.69 Å². The van der Waals surface area contributed by atoms with Crippen LogP contribution in [0.1, 0.15) is 13.8 Å². The van der Waals surface area contributed by atoms with Crippen LogP contribution in [0.25, 0.3) is 0 Å². The molecule has 136 valence electrons. The molecule has 1 aromatic carbocycles. The van der Waals surface area contributed by atoms with Gasteiger partial charge in [-0.2, -0.15) is 26.3 Å². The van der Waals surface area contributed by atoms with Crippen molar-refractivity contribution >= 4 is 14.2 Å². The van der Waals surface area contributed by atoms with Crippen LogP contribution in [0, 0.1) is 5.41 Å². The molecule has 0 spiro atoms. The van der Waals surface area contributed by atoms with Gasteiger partial charge in [-0.05, 0) is 12.1 Å². The number of hydrogen-bond donors (Lipinski definition) is 0. The minimum Gasteiger partial charge on any atom is -0.317 e. The lowest BCUT2D eigenvalue weighted by molar-refractivity contribution is -0.300. The minimum atomic E-state index is -5.57. The highest BCUT2D eigenvalue weighted by molar-refractivity contribution is 7.49. The average molecular weight is 375 g/mol. The summed E-state index contributed by atoms with van der Waals surface area (Å²) in [6.45, 7) is 3.83. The molecule has 0 bridgehead atoms. The number of para-hydroxylation sites is 1. The minimum absolute atomic E-state index is 0.00444. The van der Waals surface area contributed by atoms with Gasteiger partial charge in [-0.25, -0.2) is 0 Å². The number of benzene rings is 1. The van der Waals surface area contributed by atoms with Crippen LogP contribution < -0.4 is 4.67 Å². The molecular formula is C14H16F6NO2P. The Labute approximate surface area is 136 Å². The molecule has 1 heterocycles. The summed E-state index contributed by atoms with van der Waals surface area (Å²) in [5, 5.41) is 0. The highest BCUT2D eigenvalue weighted by Gasteiger charge is 2.60. The van der Waals surface area contributed by atoms with Gasteiger partial charge in [-0.15, -0.1) is 0 Å². The summed E-state index contributed by atoms with van der Waals surface area (Å²) in [6, 6.07) is 8.13. The smallest absolute Gasteiger partial charge is 0.317 e. The van der Waals surface area contributed by atoms with Crippen molar-refractivity contribution in [2.45, 2.75) is 32.3 Å². The Balaban J connectivity index is 2.29. The molecule has 24 heavy (non-hydrogen) atoms. The predicted molar refractivity (Wildman–Crippen MR) is 77.4 cm³/mol. The van der Waals surface area contributed by atoms with Gasteiger partial charge in [0.2, 0.25) is 0 Å². The molecule has 1 aliphatic rings. The molecule has 10 heteroatoms. The van der Waals surface area contributed by atoms with E-state index >= 15 is 0 Å². The summed E-state index contributed by atoms with van der Waals surface area (Å²) in [5.41, 5.74) is 0.00349. The van der Waals surface area contributed by atoms with Crippen LogP contribution in [0.2, 0.25) is 0 Å². The third-order valence-corrected chi connectivity index (χ3v) is 4.69. The zero-order chi connectivity index (χ0) is 18.2. The Hall–Kier alpha value is -1.05. The zero-order valence-corrected chi connectivity index (χ0v) is 13.8. The molecule has 0 aromatic heterocycles. The molecule has 1 fully saturated rings. The molecule has 0 amide bonds. The SMILES string of the molecule is CC1(C)COP(OC(C(F)(F)F)C(F)(F)F)N(c2ccccc2)C1. The maximum Gasteiger partial charge on any atom is 0.424 e. The molecule has 0 N–H and O–H groups in total. The molecule has 0 radical (unpaired) electrons. The highest BCUT2D eigenvalue weighted by Crippen LogP contribution is 2.55. The second-order valence-corrected chi connectivity index (χ2v) is 7.56. The van der Waals surface area contributed by atoms with E-state index in [0.717, 1.165) is 0 Å². The summed E-state index contributed by atoms with van der Waals surface area (Å²) >= 11 is 0. The highest BCUT2D eigenvalue weighted by atomic mass is 31.2. The first kappa shape index (κ1) is 19.3. The van der Waals surface area contributed by atoms with Crippen LogP contribution in [0.3, 0.4) is 0 Å². The molecule has 2 rings (SSSR count). The van der Waals surface area contributed by atoms with Crippen molar-refractivity contribution < 1.29 is 35.4 Å². The quantitative estimate of drug-likeness (QED) is 0.530. The lowest BCUT2D eigenvalue weighted by Crippen LogP contribution is -2.46. The van der Waals surface area contributed by atoms with Gasteiger partial charge in [0.1, 0.15) is 0 Å². The van der Waals surface area contributed by atoms with Crippen LogP contribution in [0.15, 0.2) is 30.3 Å². The van der Waals surface area contributed by atoms with E-state index < -0.39 is 32.4 Å². The van der Waals surface area contributed by atoms with Crippen molar-refractivity contribution in [2.75, 3.05) is 17.8 Å². The van der Waals surface area contributed by atoms with Gasteiger partial charge >= 0.3 is 12.4 Å². The van der Waals surface area contributed by atoms with Crippen LogP contribution in [-0.2, 0) is 9.05 Å². The number of alkyl halides is 6. The van der Waals surface area contributed by atoms with Crippen molar-refractivity contribution in [1.82, 2.24) is 0 Å². The Kier molecular flexibility index (Phi) is 5.37. The molecule has 1 saturated heterocycles. The molecular weight excluding hydrogens is 359 g/mol. The first-order valence-electron chi connectivity index (χ1n) is 6.96. The second-order valence-electron chi connectivity index (χ2n) is 6.14. The van der Waals surface area contributed by atoms with Crippen molar-refractivity contribution in [1.29, 1.82) is 0 Å². The summed E-state index contributed by atoms with van der Waals surface area (Å²) in [6.07, 6.45) is -15.0. The molecule has 1 unspecified atom stereocenters. The Bertz CT molecular complexity index is 534. The molecule has 1 aliphatic heterocycles. The Morgan fingerprint density at radius 2 is 1.62 bits per heavy atom. The molecule has 1 atom stereocenters. The van der Waals surface area contributed by atoms with E-state index in [-0.39, 0.29) is 13.2 Å². The maximum absolute atomic E-state index is 12.7. The molecule has 1 aromatic rings. The van der Waals surface area contributed by atoms with Crippen molar-refractivity contribution in [3.05, 3.63) is 30.3 Å². The van der Waals surface area contributed by atoms with E-state index in [2.05, 4.69) is 4.52 Å².